The maximum Gasteiger partial charge on any atom is 0.317 e. The minimum Gasteiger partial charge on any atom is -0.481 e. The van der Waals surface area contributed by atoms with Crippen LogP contribution in [-0.2, 0) is 9.53 Å². The second-order valence-corrected chi connectivity index (χ2v) is 5.69. The molecule has 2 N–H and O–H groups in total. The SMILES string of the molecule is CC1(C(=O)O)CCN(C(=O)NC2CCOCC2)CC1. The summed E-state index contributed by atoms with van der Waals surface area (Å²) in [6.45, 7) is 4.17. The number of carbonyl (C=O) groups is 2. The van der Waals surface area contributed by atoms with Gasteiger partial charge in [0.1, 0.15) is 0 Å². The van der Waals surface area contributed by atoms with Crippen molar-refractivity contribution < 1.29 is 19.4 Å². The molecule has 0 bridgehead atoms. The Balaban J connectivity index is 1.80. The van der Waals surface area contributed by atoms with Crippen LogP contribution in [0.5, 0.6) is 0 Å². The summed E-state index contributed by atoms with van der Waals surface area (Å²) in [5.41, 5.74) is -0.685. The minimum atomic E-state index is -0.767. The number of urea groups is 1. The summed E-state index contributed by atoms with van der Waals surface area (Å²) in [4.78, 5) is 24.9. The zero-order valence-electron chi connectivity index (χ0n) is 11.4. The smallest absolute Gasteiger partial charge is 0.317 e. The van der Waals surface area contributed by atoms with Gasteiger partial charge in [-0.3, -0.25) is 4.79 Å². The number of nitrogens with one attached hydrogen (secondary N) is 1. The lowest BCUT2D eigenvalue weighted by Crippen LogP contribution is -2.51. The van der Waals surface area contributed by atoms with Gasteiger partial charge in [0.25, 0.3) is 0 Å². The van der Waals surface area contributed by atoms with Crippen LogP contribution in [0.2, 0.25) is 0 Å². The van der Waals surface area contributed by atoms with E-state index < -0.39 is 11.4 Å². The van der Waals surface area contributed by atoms with Crippen molar-refractivity contribution in [2.75, 3.05) is 26.3 Å². The fourth-order valence-corrected chi connectivity index (χ4v) is 2.53. The quantitative estimate of drug-likeness (QED) is 0.786. The van der Waals surface area contributed by atoms with Gasteiger partial charge in [0.05, 0.1) is 5.41 Å². The van der Waals surface area contributed by atoms with Crippen molar-refractivity contribution in [3.05, 3.63) is 0 Å². The zero-order valence-corrected chi connectivity index (χ0v) is 11.4. The molecule has 2 heterocycles. The van der Waals surface area contributed by atoms with E-state index in [4.69, 9.17) is 9.84 Å². The predicted octanol–water partition coefficient (Wildman–Crippen LogP) is 1.06. The van der Waals surface area contributed by atoms with Gasteiger partial charge in [0, 0.05) is 32.3 Å². The molecule has 108 valence electrons. The van der Waals surface area contributed by atoms with Crippen LogP contribution in [0.25, 0.3) is 0 Å². The van der Waals surface area contributed by atoms with Gasteiger partial charge in [-0.2, -0.15) is 0 Å². The van der Waals surface area contributed by atoms with Crippen molar-refractivity contribution in [1.82, 2.24) is 10.2 Å². The van der Waals surface area contributed by atoms with Crippen LogP contribution in [0.4, 0.5) is 4.79 Å². The van der Waals surface area contributed by atoms with E-state index in [2.05, 4.69) is 5.32 Å². The average molecular weight is 270 g/mol. The molecule has 0 spiro atoms. The Morgan fingerprint density at radius 2 is 1.84 bits per heavy atom. The highest BCUT2D eigenvalue weighted by Gasteiger charge is 2.38. The topological polar surface area (TPSA) is 78.9 Å². The molecule has 0 aromatic rings. The fraction of sp³-hybridized carbons (Fsp3) is 0.846. The van der Waals surface area contributed by atoms with Crippen molar-refractivity contribution in [3.63, 3.8) is 0 Å². The molecule has 2 rings (SSSR count). The molecule has 6 nitrogen and oxygen atoms in total. The average Bonchev–Trinajstić information content (AvgIpc) is 2.40. The number of ether oxygens (including phenoxy) is 1. The molecule has 2 saturated heterocycles. The third-order valence-electron chi connectivity index (χ3n) is 4.22. The number of hydrogen-bond acceptors (Lipinski definition) is 3. The monoisotopic (exact) mass is 270 g/mol. The van der Waals surface area contributed by atoms with E-state index in [0.717, 1.165) is 12.8 Å². The molecular formula is C13H22N2O4. The molecular weight excluding hydrogens is 248 g/mol. The van der Waals surface area contributed by atoms with E-state index in [1.54, 1.807) is 11.8 Å². The third-order valence-corrected chi connectivity index (χ3v) is 4.22. The van der Waals surface area contributed by atoms with Crippen molar-refractivity contribution in [3.8, 4) is 0 Å². The lowest BCUT2D eigenvalue weighted by Gasteiger charge is -2.37. The first-order valence-electron chi connectivity index (χ1n) is 6.88. The van der Waals surface area contributed by atoms with E-state index in [1.807, 2.05) is 0 Å². The molecule has 0 unspecified atom stereocenters. The zero-order chi connectivity index (χ0) is 13.9. The van der Waals surface area contributed by atoms with Crippen LogP contribution in [0.1, 0.15) is 32.6 Å². The number of carboxylic acids is 1. The lowest BCUT2D eigenvalue weighted by molar-refractivity contribution is -0.150. The van der Waals surface area contributed by atoms with Crippen LogP contribution < -0.4 is 5.32 Å². The second kappa shape index (κ2) is 5.77. The third kappa shape index (κ3) is 3.37. The first-order valence-corrected chi connectivity index (χ1v) is 6.88. The van der Waals surface area contributed by atoms with E-state index in [9.17, 15) is 9.59 Å². The normalized spacial score (nSPS) is 23.9. The molecule has 2 aliphatic heterocycles. The standard InChI is InChI=1S/C13H22N2O4/c1-13(11(16)17)4-6-15(7-5-13)12(18)14-10-2-8-19-9-3-10/h10H,2-9H2,1H3,(H,14,18)(H,16,17). The maximum absolute atomic E-state index is 12.1. The van der Waals surface area contributed by atoms with E-state index in [1.165, 1.54) is 0 Å². The molecule has 6 heteroatoms. The largest absolute Gasteiger partial charge is 0.481 e. The minimum absolute atomic E-state index is 0.0701. The van der Waals surface area contributed by atoms with Crippen LogP contribution in [-0.4, -0.2) is 54.4 Å². The Kier molecular flexibility index (Phi) is 4.29. The van der Waals surface area contributed by atoms with Crippen LogP contribution in [0.15, 0.2) is 0 Å². The van der Waals surface area contributed by atoms with E-state index in [-0.39, 0.29) is 12.1 Å². The summed E-state index contributed by atoms with van der Waals surface area (Å²) in [6, 6.07) is 0.119. The Labute approximate surface area is 113 Å². The fourth-order valence-electron chi connectivity index (χ4n) is 2.53. The number of aliphatic carboxylic acids is 1. The van der Waals surface area contributed by atoms with Gasteiger partial charge in [0.15, 0.2) is 0 Å². The lowest BCUT2D eigenvalue weighted by atomic mass is 9.80. The highest BCUT2D eigenvalue weighted by atomic mass is 16.5. The molecule has 19 heavy (non-hydrogen) atoms. The van der Waals surface area contributed by atoms with Gasteiger partial charge >= 0.3 is 12.0 Å². The second-order valence-electron chi connectivity index (χ2n) is 5.69. The van der Waals surface area contributed by atoms with Gasteiger partial charge in [-0.1, -0.05) is 0 Å². The highest BCUT2D eigenvalue weighted by Crippen LogP contribution is 2.31. The molecule has 2 aliphatic rings. The van der Waals surface area contributed by atoms with Gasteiger partial charge in [-0.15, -0.1) is 0 Å². The molecule has 2 fully saturated rings. The van der Waals surface area contributed by atoms with Gasteiger partial charge < -0.3 is 20.1 Å². The molecule has 0 radical (unpaired) electrons. The van der Waals surface area contributed by atoms with E-state index in [0.29, 0.717) is 39.1 Å². The number of carbonyl (C=O) groups excluding carboxylic acids is 1. The summed E-state index contributed by atoms with van der Waals surface area (Å²) in [5, 5.41) is 12.2. The number of rotatable bonds is 2. The Hall–Kier alpha value is -1.30. The molecule has 0 saturated carbocycles. The molecule has 0 aromatic heterocycles. The molecule has 0 atom stereocenters. The summed E-state index contributed by atoms with van der Waals surface area (Å²) < 4.78 is 5.25. The summed E-state index contributed by atoms with van der Waals surface area (Å²) in [6.07, 6.45) is 2.74. The Bertz CT molecular complexity index is 345. The van der Waals surface area contributed by atoms with Gasteiger partial charge in [0.2, 0.25) is 0 Å². The van der Waals surface area contributed by atoms with Crippen LogP contribution >= 0.6 is 0 Å². The van der Waals surface area contributed by atoms with Crippen molar-refractivity contribution in [2.45, 2.75) is 38.6 Å². The predicted molar refractivity (Wildman–Crippen MR) is 68.9 cm³/mol. The number of hydrogen-bond donors (Lipinski definition) is 2. The number of piperidine rings is 1. The Morgan fingerprint density at radius 1 is 1.26 bits per heavy atom. The first kappa shape index (κ1) is 14.1. The van der Waals surface area contributed by atoms with Crippen LogP contribution in [0.3, 0.4) is 0 Å². The number of nitrogens with zero attached hydrogens (tertiary/aromatic N) is 1. The summed E-state index contributed by atoms with van der Waals surface area (Å²) in [7, 11) is 0. The van der Waals surface area contributed by atoms with E-state index >= 15 is 0 Å². The highest BCUT2D eigenvalue weighted by molar-refractivity contribution is 5.77. The molecule has 0 aliphatic carbocycles. The number of amides is 2. The molecule has 0 aromatic carbocycles. The summed E-state index contributed by atoms with van der Waals surface area (Å²) >= 11 is 0. The van der Waals surface area contributed by atoms with Crippen molar-refractivity contribution >= 4 is 12.0 Å². The van der Waals surface area contributed by atoms with Crippen molar-refractivity contribution in [2.24, 2.45) is 5.41 Å². The number of carboxylic acid groups (broad SMARTS) is 1. The number of likely N-dealkylation sites (tertiary alicyclic amines) is 1. The van der Waals surface area contributed by atoms with Gasteiger partial charge in [-0.25, -0.2) is 4.79 Å². The maximum atomic E-state index is 12.1. The Morgan fingerprint density at radius 3 is 2.37 bits per heavy atom. The van der Waals surface area contributed by atoms with Gasteiger partial charge in [-0.05, 0) is 32.6 Å². The summed E-state index contributed by atoms with van der Waals surface area (Å²) in [5.74, 6) is -0.767. The van der Waals surface area contributed by atoms with Crippen LogP contribution in [0, 0.1) is 5.41 Å². The first-order chi connectivity index (χ1) is 9.01. The molecule has 2 amide bonds. The van der Waals surface area contributed by atoms with Crippen molar-refractivity contribution in [1.29, 1.82) is 0 Å².